The van der Waals surface area contributed by atoms with Crippen LogP contribution in [0.4, 0.5) is 8.78 Å². The van der Waals surface area contributed by atoms with Gasteiger partial charge in [0.25, 0.3) is 0 Å². The van der Waals surface area contributed by atoms with Crippen molar-refractivity contribution in [2.24, 2.45) is 0 Å². The van der Waals surface area contributed by atoms with Gasteiger partial charge in [-0.05, 0) is 35.6 Å². The molecule has 0 saturated carbocycles. The molecule has 0 bridgehead atoms. The molecule has 0 amide bonds. The van der Waals surface area contributed by atoms with E-state index in [1.54, 1.807) is 12.1 Å². The number of para-hydroxylation sites is 1. The topological polar surface area (TPSA) is 59.8 Å². The van der Waals surface area contributed by atoms with Crippen molar-refractivity contribution < 1.29 is 13.9 Å². The molecule has 0 aliphatic rings. The number of halogens is 2. The zero-order chi connectivity index (χ0) is 19.7. The first kappa shape index (κ1) is 19.1. The van der Waals surface area contributed by atoms with Crippen molar-refractivity contribution in [3.8, 4) is 6.07 Å². The fourth-order valence-corrected chi connectivity index (χ4v) is 3.78. The van der Waals surface area contributed by atoms with Crippen LogP contribution in [-0.2, 0) is 11.8 Å². The molecule has 0 saturated heterocycles. The highest BCUT2D eigenvalue weighted by Crippen LogP contribution is 2.35. The molecular formula is C22H22F2N2O. The van der Waals surface area contributed by atoms with Gasteiger partial charge in [0.1, 0.15) is 18.6 Å². The quantitative estimate of drug-likeness (QED) is 0.657. The van der Waals surface area contributed by atoms with Crippen LogP contribution in [0.2, 0.25) is 0 Å². The third-order valence-electron chi connectivity index (χ3n) is 5.03. The molecule has 1 aromatic heterocycles. The van der Waals surface area contributed by atoms with E-state index in [1.807, 2.05) is 38.1 Å². The SMILES string of the molecule is CC(C)(CC(O)(CF)Cc1[nH]c2ccccc2c1C#N)c1cccc(F)c1. The molecule has 0 radical (unpaired) electrons. The van der Waals surface area contributed by atoms with Crippen molar-refractivity contribution in [3.05, 3.63) is 71.2 Å². The molecule has 0 aliphatic heterocycles. The summed E-state index contributed by atoms with van der Waals surface area (Å²) in [5.74, 6) is -0.369. The number of hydrogen-bond acceptors (Lipinski definition) is 2. The number of aromatic amines is 1. The van der Waals surface area contributed by atoms with Crippen LogP contribution in [0.5, 0.6) is 0 Å². The molecule has 5 heteroatoms. The Balaban J connectivity index is 1.93. The molecule has 1 atom stereocenters. The summed E-state index contributed by atoms with van der Waals surface area (Å²) in [6.07, 6.45) is 0.0556. The van der Waals surface area contributed by atoms with Crippen LogP contribution < -0.4 is 0 Å². The molecule has 0 fully saturated rings. The Morgan fingerprint density at radius 2 is 1.89 bits per heavy atom. The average molecular weight is 368 g/mol. The molecule has 2 N–H and O–H groups in total. The van der Waals surface area contributed by atoms with Crippen molar-refractivity contribution in [2.75, 3.05) is 6.67 Å². The van der Waals surface area contributed by atoms with Crippen molar-refractivity contribution in [1.29, 1.82) is 5.26 Å². The van der Waals surface area contributed by atoms with Crippen LogP contribution in [0.3, 0.4) is 0 Å². The van der Waals surface area contributed by atoms with E-state index in [2.05, 4.69) is 11.1 Å². The summed E-state index contributed by atoms with van der Waals surface area (Å²) >= 11 is 0. The molecule has 3 rings (SSSR count). The van der Waals surface area contributed by atoms with Crippen LogP contribution in [0, 0.1) is 17.1 Å². The number of rotatable bonds is 6. The van der Waals surface area contributed by atoms with Gasteiger partial charge in [-0.2, -0.15) is 5.26 Å². The molecule has 1 heterocycles. The molecule has 0 spiro atoms. The summed E-state index contributed by atoms with van der Waals surface area (Å²) in [5.41, 5.74) is 0.0560. The number of hydrogen-bond donors (Lipinski definition) is 2. The number of H-pyrrole nitrogens is 1. The van der Waals surface area contributed by atoms with Crippen LogP contribution in [-0.4, -0.2) is 22.4 Å². The van der Waals surface area contributed by atoms with Gasteiger partial charge in [-0.25, -0.2) is 8.78 Å². The predicted molar refractivity (Wildman–Crippen MR) is 102 cm³/mol. The third-order valence-corrected chi connectivity index (χ3v) is 5.03. The molecular weight excluding hydrogens is 346 g/mol. The zero-order valence-electron chi connectivity index (χ0n) is 15.4. The lowest BCUT2D eigenvalue weighted by Crippen LogP contribution is -2.41. The minimum absolute atomic E-state index is 0.0280. The van der Waals surface area contributed by atoms with Crippen molar-refractivity contribution in [3.63, 3.8) is 0 Å². The van der Waals surface area contributed by atoms with E-state index in [9.17, 15) is 19.1 Å². The lowest BCUT2D eigenvalue weighted by atomic mass is 9.74. The maximum absolute atomic E-state index is 13.9. The number of nitrogens with one attached hydrogen (secondary N) is 1. The maximum Gasteiger partial charge on any atom is 0.123 e. The van der Waals surface area contributed by atoms with E-state index in [4.69, 9.17) is 0 Å². The normalized spacial score (nSPS) is 14.1. The number of benzene rings is 2. The molecule has 0 aliphatic carbocycles. The second-order valence-electron chi connectivity index (χ2n) is 7.74. The fourth-order valence-electron chi connectivity index (χ4n) is 3.78. The van der Waals surface area contributed by atoms with Crippen molar-refractivity contribution >= 4 is 10.9 Å². The standard InChI is InChI=1S/C22H22F2N2O/c1-21(2,15-6-5-7-16(24)10-15)13-22(27,14-23)11-20-18(12-25)17-8-3-4-9-19(17)26-20/h3-10,26-27H,11,13-14H2,1-2H3. The Morgan fingerprint density at radius 3 is 2.56 bits per heavy atom. The van der Waals surface area contributed by atoms with Gasteiger partial charge in [0.15, 0.2) is 0 Å². The number of alkyl halides is 1. The Hall–Kier alpha value is -2.71. The van der Waals surface area contributed by atoms with Gasteiger partial charge >= 0.3 is 0 Å². The molecule has 3 aromatic rings. The highest BCUT2D eigenvalue weighted by Gasteiger charge is 2.37. The van der Waals surface area contributed by atoms with E-state index >= 15 is 0 Å². The van der Waals surface area contributed by atoms with Crippen LogP contribution in [0.1, 0.15) is 37.1 Å². The van der Waals surface area contributed by atoms with Gasteiger partial charge < -0.3 is 10.1 Å². The lowest BCUT2D eigenvalue weighted by Gasteiger charge is -2.35. The average Bonchev–Trinajstić information content (AvgIpc) is 2.97. The number of nitrogens with zero attached hydrogens (tertiary/aromatic N) is 1. The van der Waals surface area contributed by atoms with E-state index in [1.165, 1.54) is 12.1 Å². The highest BCUT2D eigenvalue weighted by molar-refractivity contribution is 5.87. The number of nitriles is 1. The van der Waals surface area contributed by atoms with Gasteiger partial charge in [-0.15, -0.1) is 0 Å². The first-order valence-electron chi connectivity index (χ1n) is 8.82. The monoisotopic (exact) mass is 368 g/mol. The first-order chi connectivity index (χ1) is 12.8. The molecule has 1 unspecified atom stereocenters. The van der Waals surface area contributed by atoms with Gasteiger partial charge in [-0.1, -0.05) is 44.2 Å². The van der Waals surface area contributed by atoms with E-state index in [0.717, 1.165) is 10.9 Å². The summed E-state index contributed by atoms with van der Waals surface area (Å²) in [4.78, 5) is 3.13. The smallest absolute Gasteiger partial charge is 0.123 e. The summed E-state index contributed by atoms with van der Waals surface area (Å²) in [5, 5.41) is 21.3. The summed E-state index contributed by atoms with van der Waals surface area (Å²) in [7, 11) is 0. The fraction of sp³-hybridized carbons (Fsp3) is 0.318. The summed E-state index contributed by atoms with van der Waals surface area (Å²) < 4.78 is 27.5. The zero-order valence-corrected chi connectivity index (χ0v) is 15.4. The lowest BCUT2D eigenvalue weighted by molar-refractivity contribution is -0.00931. The second kappa shape index (κ2) is 7.13. The minimum atomic E-state index is -1.68. The van der Waals surface area contributed by atoms with E-state index < -0.39 is 17.7 Å². The van der Waals surface area contributed by atoms with Gasteiger partial charge in [0.2, 0.25) is 0 Å². The Bertz CT molecular complexity index is 1000. The molecule has 140 valence electrons. The third kappa shape index (κ3) is 3.86. The summed E-state index contributed by atoms with van der Waals surface area (Å²) in [6, 6.07) is 15.6. The van der Waals surface area contributed by atoms with Crippen molar-refractivity contribution in [1.82, 2.24) is 4.98 Å². The first-order valence-corrected chi connectivity index (χ1v) is 8.82. The Labute approximate surface area is 157 Å². The maximum atomic E-state index is 13.9. The number of fused-ring (bicyclic) bond motifs is 1. The number of aromatic nitrogens is 1. The second-order valence-corrected chi connectivity index (χ2v) is 7.74. The highest BCUT2D eigenvalue weighted by atomic mass is 19.1. The van der Waals surface area contributed by atoms with E-state index in [-0.39, 0.29) is 18.7 Å². The predicted octanol–water partition coefficient (Wildman–Crippen LogP) is 4.79. The summed E-state index contributed by atoms with van der Waals surface area (Å²) in [6.45, 7) is 2.73. The van der Waals surface area contributed by atoms with Crippen LogP contribution in [0.25, 0.3) is 10.9 Å². The van der Waals surface area contributed by atoms with Crippen molar-refractivity contribution in [2.45, 2.75) is 37.7 Å². The van der Waals surface area contributed by atoms with Gasteiger partial charge in [-0.3, -0.25) is 0 Å². The minimum Gasteiger partial charge on any atom is -0.387 e. The van der Waals surface area contributed by atoms with Gasteiger partial charge in [0.05, 0.1) is 11.2 Å². The van der Waals surface area contributed by atoms with Crippen LogP contribution >= 0.6 is 0 Å². The Kier molecular flexibility index (Phi) is 5.03. The molecule has 2 aromatic carbocycles. The largest absolute Gasteiger partial charge is 0.387 e. The number of aliphatic hydroxyl groups is 1. The van der Waals surface area contributed by atoms with Gasteiger partial charge in [0, 0.05) is 23.0 Å². The molecule has 3 nitrogen and oxygen atoms in total. The van der Waals surface area contributed by atoms with Crippen LogP contribution in [0.15, 0.2) is 48.5 Å². The molecule has 27 heavy (non-hydrogen) atoms. The van der Waals surface area contributed by atoms with E-state index in [0.29, 0.717) is 16.8 Å². The Morgan fingerprint density at radius 1 is 1.15 bits per heavy atom.